The minimum absolute atomic E-state index is 0.476. The topological polar surface area (TPSA) is 37.3 Å². The number of nitrogens with zero attached hydrogens (tertiary/aromatic N) is 1. The Morgan fingerprint density at radius 1 is 0.385 bits per heavy atom. The lowest BCUT2D eigenvalue weighted by atomic mass is 9.83. The van der Waals surface area contributed by atoms with Crippen LogP contribution in [0, 0.1) is 0 Å². The molecule has 0 aromatic rings. The van der Waals surface area contributed by atoms with Crippen LogP contribution in [0.15, 0.2) is 0 Å². The number of likely N-dealkylation sites (N-methyl/N-ethyl adjacent to an activating group) is 1. The normalized spacial score (nSPS) is 16.8. The number of hydrogen-bond donors (Lipinski definition) is 1. The molecular formula is C20H13F29NO2+. The van der Waals surface area contributed by atoms with Crippen molar-refractivity contribution in [1.29, 1.82) is 0 Å². The third-order valence-corrected chi connectivity index (χ3v) is 6.75. The predicted molar refractivity (Wildman–Crippen MR) is 104 cm³/mol. The molecule has 0 amide bonds. The summed E-state index contributed by atoms with van der Waals surface area (Å²) in [5.74, 6) is -123. The zero-order valence-electron chi connectivity index (χ0n) is 23.9. The maximum Gasteiger partial charge on any atom is 0.460 e. The van der Waals surface area contributed by atoms with Crippen molar-refractivity contribution in [2.24, 2.45) is 0 Å². The lowest BCUT2D eigenvalue weighted by Crippen LogP contribution is -2.79. The molecule has 32 heteroatoms. The van der Waals surface area contributed by atoms with Crippen LogP contribution in [-0.2, 0) is 4.79 Å². The zero-order valence-corrected chi connectivity index (χ0v) is 23.9. The Bertz CT molecular complexity index is 1310. The molecule has 0 fully saturated rings. The summed E-state index contributed by atoms with van der Waals surface area (Å²) in [7, 11) is 0.953. The molecule has 0 rings (SSSR count). The lowest BCUT2D eigenvalue weighted by Gasteiger charge is -2.46. The van der Waals surface area contributed by atoms with Gasteiger partial charge in [-0.3, -0.25) is 0 Å². The second-order valence-electron chi connectivity index (χ2n) is 11.1. The summed E-state index contributed by atoms with van der Waals surface area (Å²) in [6.45, 7) is -3.34. The number of alkyl halides is 29. The van der Waals surface area contributed by atoms with Crippen molar-refractivity contribution >= 4 is 5.97 Å². The van der Waals surface area contributed by atoms with Crippen LogP contribution in [0.5, 0.6) is 0 Å². The van der Waals surface area contributed by atoms with E-state index in [1.54, 1.807) is 0 Å². The molecular weight excluding hydrogens is 837 g/mol. The van der Waals surface area contributed by atoms with Gasteiger partial charge in [-0.05, 0) is 0 Å². The van der Waals surface area contributed by atoms with E-state index in [0.29, 0.717) is 14.1 Å². The average molecular weight is 850 g/mol. The summed E-state index contributed by atoms with van der Waals surface area (Å²) in [4.78, 5) is 10.6. The smallest absolute Gasteiger partial charge is 0.460 e. The maximum absolute atomic E-state index is 14.0. The highest BCUT2D eigenvalue weighted by atomic mass is 19.4. The lowest BCUT2D eigenvalue weighted by molar-refractivity contribution is -0.884. The standard InChI is InChI=1S/C20H12F29NO2/c1-50(2,5-6(51)52)4-3-7(21,22)8(23,24)9(25,26)10(27,28)11(29,30)12(31,32)13(33,34)14(35,36)15(37,38)16(39,40)17(41,42)18(43,44)19(45,46)20(47,48)49/h3-5H2,1-2H3/p+1. The predicted octanol–water partition coefficient (Wildman–Crippen LogP) is 9.36. The second-order valence-corrected chi connectivity index (χ2v) is 11.1. The molecule has 3 nitrogen and oxygen atoms in total. The first-order valence-corrected chi connectivity index (χ1v) is 11.9. The fourth-order valence-electron chi connectivity index (χ4n) is 3.42. The molecule has 0 aromatic heterocycles. The summed E-state index contributed by atoms with van der Waals surface area (Å²) in [5, 5.41) is 8.53. The molecule has 0 unspecified atom stereocenters. The van der Waals surface area contributed by atoms with E-state index in [1.165, 1.54) is 0 Å². The molecule has 0 aliphatic carbocycles. The minimum atomic E-state index is -9.96. The Labute approximate surface area is 265 Å². The summed E-state index contributed by atoms with van der Waals surface area (Å²) >= 11 is 0. The average Bonchev–Trinajstić information content (AvgIpc) is 2.89. The van der Waals surface area contributed by atoms with Crippen molar-refractivity contribution in [3.63, 3.8) is 0 Å². The third kappa shape index (κ3) is 6.39. The number of carbonyl (C=O) groups is 1. The van der Waals surface area contributed by atoms with Crippen molar-refractivity contribution in [3.05, 3.63) is 0 Å². The SMILES string of the molecule is C[N+](C)(CCC(F)(F)C(F)(F)C(F)(F)C(F)(F)C(F)(F)C(F)(F)C(F)(F)C(F)(F)C(F)(F)C(F)(F)C(F)(F)C(F)(F)C(F)(F)C(F)(F)F)CC(=O)O. The number of quaternary nitrogens is 1. The van der Waals surface area contributed by atoms with Crippen molar-refractivity contribution in [2.45, 2.75) is 89.6 Å². The Hall–Kier alpha value is -2.60. The van der Waals surface area contributed by atoms with Gasteiger partial charge in [0.25, 0.3) is 0 Å². The van der Waals surface area contributed by atoms with Crippen LogP contribution >= 0.6 is 0 Å². The molecule has 0 saturated carbocycles. The van der Waals surface area contributed by atoms with Gasteiger partial charge in [-0.25, -0.2) is 4.79 Å². The molecule has 1 N–H and O–H groups in total. The van der Waals surface area contributed by atoms with Crippen LogP contribution in [-0.4, -0.2) is 126 Å². The van der Waals surface area contributed by atoms with Crippen molar-refractivity contribution in [2.75, 3.05) is 27.2 Å². The van der Waals surface area contributed by atoms with Crippen LogP contribution < -0.4 is 0 Å². The molecule has 52 heavy (non-hydrogen) atoms. The van der Waals surface area contributed by atoms with E-state index in [4.69, 9.17) is 5.11 Å². The van der Waals surface area contributed by atoms with E-state index in [9.17, 15) is 132 Å². The molecule has 0 aliphatic rings. The van der Waals surface area contributed by atoms with Gasteiger partial charge < -0.3 is 9.59 Å². The highest BCUT2D eigenvalue weighted by molar-refractivity contribution is 5.67. The van der Waals surface area contributed by atoms with E-state index in [2.05, 4.69) is 0 Å². The maximum atomic E-state index is 14.0. The van der Waals surface area contributed by atoms with E-state index in [1.807, 2.05) is 0 Å². The molecule has 0 saturated heterocycles. The highest BCUT2D eigenvalue weighted by Gasteiger charge is 3.00. The van der Waals surface area contributed by atoms with E-state index in [0.717, 1.165) is 0 Å². The van der Waals surface area contributed by atoms with Gasteiger partial charge in [0.15, 0.2) is 6.54 Å². The van der Waals surface area contributed by atoms with Crippen LogP contribution in [0.3, 0.4) is 0 Å². The fraction of sp³-hybridized carbons (Fsp3) is 0.950. The first kappa shape index (κ1) is 49.4. The first-order valence-electron chi connectivity index (χ1n) is 11.9. The van der Waals surface area contributed by atoms with Crippen LogP contribution in [0.4, 0.5) is 127 Å². The monoisotopic (exact) mass is 850 g/mol. The van der Waals surface area contributed by atoms with Crippen molar-refractivity contribution in [1.82, 2.24) is 0 Å². The molecule has 0 bridgehead atoms. The molecule has 0 atom stereocenters. The van der Waals surface area contributed by atoms with Crippen LogP contribution in [0.1, 0.15) is 6.42 Å². The van der Waals surface area contributed by atoms with Gasteiger partial charge in [-0.2, -0.15) is 127 Å². The number of carboxylic acids is 1. The molecule has 0 spiro atoms. The van der Waals surface area contributed by atoms with Gasteiger partial charge in [0.1, 0.15) is 0 Å². The van der Waals surface area contributed by atoms with Gasteiger partial charge in [0.2, 0.25) is 0 Å². The molecule has 0 aromatic carbocycles. The Morgan fingerprint density at radius 2 is 0.577 bits per heavy atom. The Kier molecular flexibility index (Phi) is 11.8. The first-order chi connectivity index (χ1) is 21.9. The number of aliphatic carboxylic acids is 1. The summed E-state index contributed by atoms with van der Waals surface area (Å²) in [5.41, 5.74) is 0. The fourth-order valence-corrected chi connectivity index (χ4v) is 3.42. The highest BCUT2D eigenvalue weighted by Crippen LogP contribution is 2.69. The van der Waals surface area contributed by atoms with E-state index >= 15 is 0 Å². The minimum Gasteiger partial charge on any atom is -0.477 e. The summed E-state index contributed by atoms with van der Waals surface area (Å²) < 4.78 is 392. The Balaban J connectivity index is 7.41. The van der Waals surface area contributed by atoms with Crippen LogP contribution in [0.25, 0.3) is 0 Å². The van der Waals surface area contributed by atoms with Gasteiger partial charge >= 0.3 is 89.1 Å². The van der Waals surface area contributed by atoms with Gasteiger partial charge in [-0.1, -0.05) is 0 Å². The number of hydrogen-bond acceptors (Lipinski definition) is 1. The van der Waals surface area contributed by atoms with Crippen molar-refractivity contribution in [3.8, 4) is 0 Å². The summed E-state index contributed by atoms with van der Waals surface area (Å²) in [6.07, 6.45) is -11.4. The molecule has 0 heterocycles. The van der Waals surface area contributed by atoms with Crippen molar-refractivity contribution < 1.29 is 142 Å². The van der Waals surface area contributed by atoms with Crippen LogP contribution in [0.2, 0.25) is 0 Å². The Morgan fingerprint density at radius 3 is 0.769 bits per heavy atom. The second kappa shape index (κ2) is 12.5. The van der Waals surface area contributed by atoms with Gasteiger partial charge in [0.05, 0.1) is 27.1 Å². The third-order valence-electron chi connectivity index (χ3n) is 6.75. The number of halogens is 29. The molecule has 312 valence electrons. The van der Waals surface area contributed by atoms with Gasteiger partial charge in [-0.15, -0.1) is 0 Å². The quantitative estimate of drug-likeness (QED) is 0.117. The van der Waals surface area contributed by atoms with E-state index in [-0.39, 0.29) is 0 Å². The molecule has 0 aliphatic heterocycles. The molecule has 0 radical (unpaired) electrons. The summed E-state index contributed by atoms with van der Waals surface area (Å²) in [6, 6.07) is 0. The number of rotatable bonds is 17. The largest absolute Gasteiger partial charge is 0.477 e. The number of carboxylic acid groups (broad SMARTS) is 1. The van der Waals surface area contributed by atoms with Gasteiger partial charge in [0, 0.05) is 0 Å². The van der Waals surface area contributed by atoms with E-state index < -0.39 is 113 Å². The zero-order chi connectivity index (χ0) is 43.2.